The summed E-state index contributed by atoms with van der Waals surface area (Å²) >= 11 is 0. The number of fused-ring (bicyclic) bond motifs is 1. The molecule has 2 rings (SSSR count). The lowest BCUT2D eigenvalue weighted by atomic mass is 9.71. The number of ether oxygens (including phenoxy) is 2. The van der Waals surface area contributed by atoms with Crippen LogP contribution in [0.4, 0.5) is 0 Å². The van der Waals surface area contributed by atoms with Gasteiger partial charge in [-0.2, -0.15) is 0 Å². The fourth-order valence-electron chi connectivity index (χ4n) is 3.66. The van der Waals surface area contributed by atoms with Gasteiger partial charge in [0.05, 0.1) is 0 Å². The van der Waals surface area contributed by atoms with E-state index in [2.05, 4.69) is 39.5 Å². The van der Waals surface area contributed by atoms with Gasteiger partial charge in [-0.3, -0.25) is 4.79 Å². The van der Waals surface area contributed by atoms with Crippen molar-refractivity contribution in [1.29, 1.82) is 0 Å². The van der Waals surface area contributed by atoms with Gasteiger partial charge >= 0.3 is 0 Å². The first-order valence-corrected chi connectivity index (χ1v) is 8.94. The van der Waals surface area contributed by atoms with Crippen molar-refractivity contribution in [3.63, 3.8) is 0 Å². The van der Waals surface area contributed by atoms with E-state index < -0.39 is 5.60 Å². The minimum atomic E-state index is -0.459. The van der Waals surface area contributed by atoms with Gasteiger partial charge in [-0.05, 0) is 39.0 Å². The first kappa shape index (κ1) is 18.7. The number of allylic oxidation sites excluding steroid dienone is 6. The molecule has 1 heterocycles. The Kier molecular flexibility index (Phi) is 6.22. The molecular formula is C21H30O3. The van der Waals surface area contributed by atoms with Crippen LogP contribution < -0.4 is 0 Å². The van der Waals surface area contributed by atoms with Crippen LogP contribution in [0.1, 0.15) is 53.4 Å². The minimum Gasteiger partial charge on any atom is -0.469 e. The monoisotopic (exact) mass is 330 g/mol. The minimum absolute atomic E-state index is 0.0444. The molecule has 24 heavy (non-hydrogen) atoms. The molecule has 3 nitrogen and oxygen atoms in total. The van der Waals surface area contributed by atoms with Crippen molar-refractivity contribution in [2.75, 3.05) is 6.79 Å². The summed E-state index contributed by atoms with van der Waals surface area (Å²) in [4.78, 5) is 12.3. The molecule has 0 aromatic rings. The quantitative estimate of drug-likeness (QED) is 0.609. The molecule has 0 amide bonds. The lowest BCUT2D eigenvalue weighted by molar-refractivity contribution is -0.123. The van der Waals surface area contributed by atoms with Gasteiger partial charge < -0.3 is 9.47 Å². The maximum Gasteiger partial charge on any atom is 0.189 e. The van der Waals surface area contributed by atoms with E-state index in [1.807, 2.05) is 13.0 Å². The number of hydrogen-bond acceptors (Lipinski definition) is 3. The van der Waals surface area contributed by atoms with Crippen LogP contribution in [0.3, 0.4) is 0 Å². The summed E-state index contributed by atoms with van der Waals surface area (Å²) in [5.41, 5.74) is 1.82. The fraction of sp³-hybridized carbons (Fsp3) is 0.571. The Balaban J connectivity index is 2.22. The second-order valence-electron chi connectivity index (χ2n) is 7.05. The van der Waals surface area contributed by atoms with E-state index in [4.69, 9.17) is 9.47 Å². The van der Waals surface area contributed by atoms with Crippen molar-refractivity contribution < 1.29 is 14.3 Å². The first-order valence-electron chi connectivity index (χ1n) is 8.94. The van der Waals surface area contributed by atoms with E-state index in [0.717, 1.165) is 37.0 Å². The predicted octanol–water partition coefficient (Wildman–Crippen LogP) is 5.11. The van der Waals surface area contributed by atoms with E-state index >= 15 is 0 Å². The molecule has 0 aromatic carbocycles. The van der Waals surface area contributed by atoms with Gasteiger partial charge in [0.1, 0.15) is 11.4 Å². The highest BCUT2D eigenvalue weighted by atomic mass is 16.7. The van der Waals surface area contributed by atoms with Gasteiger partial charge in [0, 0.05) is 12.0 Å². The first-order chi connectivity index (χ1) is 11.4. The third-order valence-corrected chi connectivity index (χ3v) is 5.10. The molecule has 0 N–H and O–H groups in total. The fourth-order valence-corrected chi connectivity index (χ4v) is 3.66. The molecule has 1 unspecified atom stereocenters. The average Bonchev–Trinajstić information content (AvgIpc) is 2.95. The third kappa shape index (κ3) is 3.89. The second-order valence-corrected chi connectivity index (χ2v) is 7.05. The van der Waals surface area contributed by atoms with Crippen LogP contribution in [0.25, 0.3) is 0 Å². The number of carbonyl (C=O) groups excluding carboxylic acids is 1. The van der Waals surface area contributed by atoms with Crippen LogP contribution in [-0.2, 0) is 14.3 Å². The van der Waals surface area contributed by atoms with Crippen LogP contribution in [0, 0.1) is 11.8 Å². The molecule has 3 heteroatoms. The lowest BCUT2D eigenvalue weighted by Gasteiger charge is -2.38. The third-order valence-electron chi connectivity index (χ3n) is 5.10. The van der Waals surface area contributed by atoms with Crippen LogP contribution in [0.15, 0.2) is 47.8 Å². The SMILES string of the molecule is C=C(C)/C=C\C(=C/C)CC(C)[C@]12C[C@H](CCC)C(=O)C=C1OCO2. The van der Waals surface area contributed by atoms with Crippen LogP contribution in [0.5, 0.6) is 0 Å². The average molecular weight is 330 g/mol. The normalized spacial score (nSPS) is 28.5. The zero-order valence-electron chi connectivity index (χ0n) is 15.4. The van der Waals surface area contributed by atoms with E-state index in [1.54, 1.807) is 6.08 Å². The van der Waals surface area contributed by atoms with Gasteiger partial charge in [-0.15, -0.1) is 0 Å². The molecule has 2 aliphatic rings. The maximum absolute atomic E-state index is 12.3. The number of rotatable bonds is 7. The zero-order chi connectivity index (χ0) is 17.7. The Morgan fingerprint density at radius 3 is 2.88 bits per heavy atom. The van der Waals surface area contributed by atoms with Crippen LogP contribution in [-0.4, -0.2) is 18.2 Å². The summed E-state index contributed by atoms with van der Waals surface area (Å²) in [7, 11) is 0. The van der Waals surface area contributed by atoms with Gasteiger partial charge in [0.2, 0.25) is 0 Å². The van der Waals surface area contributed by atoms with Crippen molar-refractivity contribution in [3.8, 4) is 0 Å². The molecular weight excluding hydrogens is 300 g/mol. The summed E-state index contributed by atoms with van der Waals surface area (Å²) in [6.07, 6.45) is 11.5. The van der Waals surface area contributed by atoms with Gasteiger partial charge in [-0.25, -0.2) is 0 Å². The molecule has 1 aliphatic carbocycles. The van der Waals surface area contributed by atoms with Gasteiger partial charge in [-0.1, -0.05) is 56.2 Å². The molecule has 1 saturated heterocycles. The van der Waals surface area contributed by atoms with Crippen molar-refractivity contribution >= 4 is 5.78 Å². The van der Waals surface area contributed by atoms with E-state index in [9.17, 15) is 4.79 Å². The van der Waals surface area contributed by atoms with Crippen molar-refractivity contribution in [2.24, 2.45) is 11.8 Å². The Labute approximate surface area is 146 Å². The van der Waals surface area contributed by atoms with Crippen molar-refractivity contribution in [1.82, 2.24) is 0 Å². The number of ketones is 1. The van der Waals surface area contributed by atoms with Crippen LogP contribution >= 0.6 is 0 Å². The molecule has 0 saturated carbocycles. The van der Waals surface area contributed by atoms with Crippen LogP contribution in [0.2, 0.25) is 0 Å². The lowest BCUT2D eigenvalue weighted by Crippen LogP contribution is -2.44. The molecule has 0 bridgehead atoms. The molecule has 0 spiro atoms. The molecule has 132 valence electrons. The van der Waals surface area contributed by atoms with Gasteiger partial charge in [0.25, 0.3) is 0 Å². The summed E-state index contributed by atoms with van der Waals surface area (Å²) in [6.45, 7) is 12.5. The number of hydrogen-bond donors (Lipinski definition) is 0. The largest absolute Gasteiger partial charge is 0.469 e. The van der Waals surface area contributed by atoms with Crippen molar-refractivity contribution in [3.05, 3.63) is 47.8 Å². The predicted molar refractivity (Wildman–Crippen MR) is 97.4 cm³/mol. The zero-order valence-corrected chi connectivity index (χ0v) is 15.4. The Morgan fingerprint density at radius 1 is 1.50 bits per heavy atom. The van der Waals surface area contributed by atoms with Gasteiger partial charge in [0.15, 0.2) is 12.6 Å². The summed E-state index contributed by atoms with van der Waals surface area (Å²) < 4.78 is 11.7. The highest BCUT2D eigenvalue weighted by Crippen LogP contribution is 2.47. The van der Waals surface area contributed by atoms with E-state index in [0.29, 0.717) is 0 Å². The maximum atomic E-state index is 12.3. The molecule has 1 aliphatic heterocycles. The number of carbonyl (C=O) groups is 1. The van der Waals surface area contributed by atoms with E-state index in [-0.39, 0.29) is 24.4 Å². The Bertz CT molecular complexity index is 582. The topological polar surface area (TPSA) is 35.5 Å². The highest BCUT2D eigenvalue weighted by Gasteiger charge is 2.51. The Hall–Kier alpha value is -1.61. The Morgan fingerprint density at radius 2 is 2.25 bits per heavy atom. The van der Waals surface area contributed by atoms with E-state index in [1.165, 1.54) is 5.57 Å². The summed E-state index contributed by atoms with van der Waals surface area (Å²) in [5, 5.41) is 0. The standard InChI is InChI=1S/C21H30O3/c1-6-8-18-13-21(20(12-19(18)22)23-14-24-21)16(5)11-17(7-2)10-9-15(3)4/h7,9-10,12,16,18H,3,6,8,11,13-14H2,1-2,4-5H3/b10-9-,17-7+/t16?,18-,21+/m0/s1. The molecule has 0 aromatic heterocycles. The summed E-state index contributed by atoms with van der Waals surface area (Å²) in [6, 6.07) is 0. The summed E-state index contributed by atoms with van der Waals surface area (Å²) in [5.74, 6) is 1.20. The molecule has 3 atom stereocenters. The molecule has 0 radical (unpaired) electrons. The molecule has 1 fully saturated rings. The smallest absolute Gasteiger partial charge is 0.189 e. The second kappa shape index (κ2) is 7.98. The van der Waals surface area contributed by atoms with Crippen molar-refractivity contribution in [2.45, 2.75) is 59.0 Å². The highest BCUT2D eigenvalue weighted by molar-refractivity contribution is 5.93.